The molecule has 2 N–H and O–H groups in total. The molecule has 0 aromatic carbocycles. The second-order valence-corrected chi connectivity index (χ2v) is 6.06. The monoisotopic (exact) mass is 342 g/mol. The molecule has 1 aliphatic heterocycles. The van der Waals surface area contributed by atoms with Crippen LogP contribution in [0.2, 0.25) is 5.02 Å². The van der Waals surface area contributed by atoms with Gasteiger partial charge in [0.25, 0.3) is 6.43 Å². The van der Waals surface area contributed by atoms with E-state index in [2.05, 4.69) is 20.0 Å². The van der Waals surface area contributed by atoms with Crippen LogP contribution in [0.15, 0.2) is 12.4 Å². The van der Waals surface area contributed by atoms with Gasteiger partial charge in [-0.15, -0.1) is 0 Å². The third kappa shape index (κ3) is 3.13. The van der Waals surface area contributed by atoms with Gasteiger partial charge >= 0.3 is 0 Å². The van der Waals surface area contributed by atoms with Crippen molar-refractivity contribution >= 4 is 17.5 Å². The van der Waals surface area contributed by atoms with Gasteiger partial charge in [-0.05, 0) is 33.0 Å². The first-order chi connectivity index (χ1) is 11.0. The smallest absolute Gasteiger partial charge is 0.280 e. The Morgan fingerprint density at radius 3 is 2.65 bits per heavy atom. The normalized spacial score (nSPS) is 17.1. The van der Waals surface area contributed by atoms with Crippen molar-refractivity contribution in [1.29, 1.82) is 0 Å². The maximum Gasteiger partial charge on any atom is 0.280 e. The molecule has 2 aromatic rings. The van der Waals surface area contributed by atoms with Gasteiger partial charge in [-0.2, -0.15) is 5.10 Å². The lowest BCUT2D eigenvalue weighted by Crippen LogP contribution is -2.32. The quantitative estimate of drug-likeness (QED) is 0.928. The van der Waals surface area contributed by atoms with Gasteiger partial charge < -0.3 is 10.6 Å². The Balaban J connectivity index is 2.04. The Hall–Kier alpha value is -1.80. The molecule has 3 rings (SSSR count). The molecule has 6 nitrogen and oxygen atoms in total. The molecule has 124 valence electrons. The van der Waals surface area contributed by atoms with Crippen molar-refractivity contribution in [2.24, 2.45) is 0 Å². The first-order valence-corrected chi connectivity index (χ1v) is 7.67. The molecule has 2 aromatic heterocycles. The van der Waals surface area contributed by atoms with Crippen molar-refractivity contribution in [3.8, 4) is 11.3 Å². The van der Waals surface area contributed by atoms with Crippen LogP contribution in [0.3, 0.4) is 0 Å². The Bertz CT molecular complexity index is 697. The average Bonchev–Trinajstić information content (AvgIpc) is 2.95. The average molecular weight is 343 g/mol. The second kappa shape index (κ2) is 6.37. The van der Waals surface area contributed by atoms with Gasteiger partial charge in [0.2, 0.25) is 5.95 Å². The number of nitrogens with two attached hydrogens (primary N) is 1. The number of piperidine rings is 1. The van der Waals surface area contributed by atoms with Crippen LogP contribution in [0.1, 0.15) is 31.0 Å². The summed E-state index contributed by atoms with van der Waals surface area (Å²) < 4.78 is 28.8. The lowest BCUT2D eigenvalue weighted by molar-refractivity contribution is 0.128. The highest BCUT2D eigenvalue weighted by Crippen LogP contribution is 2.36. The molecule has 1 aliphatic rings. The summed E-state index contributed by atoms with van der Waals surface area (Å²) >= 11 is 6.05. The highest BCUT2D eigenvalue weighted by Gasteiger charge is 2.29. The van der Waals surface area contributed by atoms with Crippen LogP contribution in [0.5, 0.6) is 0 Å². The van der Waals surface area contributed by atoms with Crippen molar-refractivity contribution in [1.82, 2.24) is 24.6 Å². The first kappa shape index (κ1) is 16.1. The SMILES string of the molecule is CN1CCC(n2ncc(-c3nc(N)ncc3Cl)c2C(F)F)CC1. The molecule has 3 heterocycles. The van der Waals surface area contributed by atoms with E-state index in [9.17, 15) is 8.78 Å². The largest absolute Gasteiger partial charge is 0.368 e. The molecule has 0 aliphatic carbocycles. The van der Waals surface area contributed by atoms with E-state index in [4.69, 9.17) is 17.3 Å². The van der Waals surface area contributed by atoms with Gasteiger partial charge in [-0.25, -0.2) is 18.7 Å². The highest BCUT2D eigenvalue weighted by atomic mass is 35.5. The van der Waals surface area contributed by atoms with E-state index in [0.717, 1.165) is 25.9 Å². The van der Waals surface area contributed by atoms with E-state index in [1.165, 1.54) is 17.1 Å². The molecule has 23 heavy (non-hydrogen) atoms. The lowest BCUT2D eigenvalue weighted by atomic mass is 10.0. The van der Waals surface area contributed by atoms with Crippen molar-refractivity contribution < 1.29 is 8.78 Å². The molecule has 0 amide bonds. The van der Waals surface area contributed by atoms with Crippen LogP contribution in [0.25, 0.3) is 11.3 Å². The number of hydrogen-bond donors (Lipinski definition) is 1. The van der Waals surface area contributed by atoms with E-state index in [-0.39, 0.29) is 34.0 Å². The lowest BCUT2D eigenvalue weighted by Gasteiger charge is -2.30. The number of hydrogen-bond acceptors (Lipinski definition) is 5. The predicted molar refractivity (Wildman–Crippen MR) is 83.4 cm³/mol. The van der Waals surface area contributed by atoms with Crippen LogP contribution in [0.4, 0.5) is 14.7 Å². The summed E-state index contributed by atoms with van der Waals surface area (Å²) in [4.78, 5) is 9.93. The van der Waals surface area contributed by atoms with Crippen LogP contribution >= 0.6 is 11.6 Å². The third-order valence-corrected chi connectivity index (χ3v) is 4.37. The molecule has 0 bridgehead atoms. The fourth-order valence-corrected chi connectivity index (χ4v) is 3.06. The Morgan fingerprint density at radius 1 is 1.30 bits per heavy atom. The number of anilines is 1. The van der Waals surface area contributed by atoms with Crippen LogP contribution in [-0.4, -0.2) is 44.8 Å². The molecule has 0 spiro atoms. The summed E-state index contributed by atoms with van der Waals surface area (Å²) in [5.41, 5.74) is 5.78. The van der Waals surface area contributed by atoms with Gasteiger partial charge in [0, 0.05) is 5.56 Å². The Labute approximate surface area is 137 Å². The number of nitrogens with zero attached hydrogens (tertiary/aromatic N) is 5. The molecular formula is C14H17ClF2N6. The van der Waals surface area contributed by atoms with E-state index in [1.807, 2.05) is 7.05 Å². The van der Waals surface area contributed by atoms with E-state index in [0.29, 0.717) is 0 Å². The Morgan fingerprint density at radius 2 is 2.00 bits per heavy atom. The molecule has 1 fully saturated rings. The number of alkyl halides is 2. The van der Waals surface area contributed by atoms with Crippen molar-refractivity contribution in [2.45, 2.75) is 25.3 Å². The summed E-state index contributed by atoms with van der Waals surface area (Å²) in [6.45, 7) is 1.70. The molecule has 1 saturated heterocycles. The van der Waals surface area contributed by atoms with E-state index < -0.39 is 6.43 Å². The molecular weight excluding hydrogens is 326 g/mol. The number of aromatic nitrogens is 4. The molecule has 0 saturated carbocycles. The maximum absolute atomic E-state index is 13.7. The fourth-order valence-electron chi connectivity index (χ4n) is 2.87. The first-order valence-electron chi connectivity index (χ1n) is 7.30. The van der Waals surface area contributed by atoms with Gasteiger partial charge in [0.1, 0.15) is 5.69 Å². The predicted octanol–water partition coefficient (Wildman–Crippen LogP) is 2.78. The van der Waals surface area contributed by atoms with E-state index >= 15 is 0 Å². The molecule has 0 atom stereocenters. The van der Waals surface area contributed by atoms with E-state index in [1.54, 1.807) is 0 Å². The van der Waals surface area contributed by atoms with Gasteiger partial charge in [-0.3, -0.25) is 4.68 Å². The topological polar surface area (TPSA) is 72.9 Å². The minimum Gasteiger partial charge on any atom is -0.368 e. The standard InChI is InChI=1S/C14H17ClF2N6/c1-22-4-2-8(3-5-22)23-12(13(16)17)9(6-20-23)11-10(15)7-19-14(18)21-11/h6-8,13H,2-5H2,1H3,(H2,18,19,21). The number of likely N-dealkylation sites (tertiary alicyclic amines) is 1. The highest BCUT2D eigenvalue weighted by molar-refractivity contribution is 6.32. The van der Waals surface area contributed by atoms with Crippen LogP contribution in [-0.2, 0) is 0 Å². The maximum atomic E-state index is 13.7. The molecule has 0 unspecified atom stereocenters. The summed E-state index contributed by atoms with van der Waals surface area (Å²) in [6, 6.07) is -0.0538. The summed E-state index contributed by atoms with van der Waals surface area (Å²) in [7, 11) is 2.02. The van der Waals surface area contributed by atoms with Crippen molar-refractivity contribution in [3.63, 3.8) is 0 Å². The van der Waals surface area contributed by atoms with Crippen molar-refractivity contribution in [2.75, 3.05) is 25.9 Å². The summed E-state index contributed by atoms with van der Waals surface area (Å²) in [5.74, 6) is -0.0170. The summed E-state index contributed by atoms with van der Waals surface area (Å²) in [6.07, 6.45) is 1.56. The fraction of sp³-hybridized carbons (Fsp3) is 0.500. The minimum absolute atomic E-state index is 0.0170. The minimum atomic E-state index is -2.68. The zero-order valence-electron chi connectivity index (χ0n) is 12.6. The zero-order valence-corrected chi connectivity index (χ0v) is 13.3. The van der Waals surface area contributed by atoms with Gasteiger partial charge in [0.15, 0.2) is 0 Å². The second-order valence-electron chi connectivity index (χ2n) is 5.65. The zero-order chi connectivity index (χ0) is 16.6. The van der Waals surface area contributed by atoms with Crippen LogP contribution < -0.4 is 5.73 Å². The number of rotatable bonds is 3. The van der Waals surface area contributed by atoms with Crippen molar-refractivity contribution in [3.05, 3.63) is 23.1 Å². The van der Waals surface area contributed by atoms with Gasteiger partial charge in [0.05, 0.1) is 29.2 Å². The number of nitrogen functional groups attached to an aromatic ring is 1. The third-order valence-electron chi connectivity index (χ3n) is 4.09. The molecule has 0 radical (unpaired) electrons. The van der Waals surface area contributed by atoms with Gasteiger partial charge in [-0.1, -0.05) is 11.6 Å². The Kier molecular flexibility index (Phi) is 4.45. The molecule has 9 heteroatoms. The van der Waals surface area contributed by atoms with Crippen LogP contribution in [0, 0.1) is 0 Å². The number of halogens is 3. The summed E-state index contributed by atoms with van der Waals surface area (Å²) in [5, 5.41) is 4.36.